The molecule has 0 spiro atoms. The van der Waals surface area contributed by atoms with E-state index in [2.05, 4.69) is 55.0 Å². The van der Waals surface area contributed by atoms with E-state index in [4.69, 9.17) is 0 Å². The average Bonchev–Trinajstić information content (AvgIpc) is 2.54. The number of likely N-dealkylation sites (N-methyl/N-ethyl adjacent to an activating group) is 1. The van der Waals surface area contributed by atoms with E-state index in [9.17, 15) is 0 Å². The van der Waals surface area contributed by atoms with Crippen LogP contribution >= 0.6 is 0 Å². The maximum absolute atomic E-state index is 4.03. The Kier molecular flexibility index (Phi) is 25.3. The van der Waals surface area contributed by atoms with E-state index in [1.807, 2.05) is 20.8 Å². The molecule has 2 radical (unpaired) electrons. The van der Waals surface area contributed by atoms with E-state index in [0.717, 1.165) is 19.4 Å². The van der Waals surface area contributed by atoms with Gasteiger partial charge in [-0.1, -0.05) is 45.0 Å². The summed E-state index contributed by atoms with van der Waals surface area (Å²) in [6.45, 7) is 17.1. The maximum Gasteiger partial charge on any atom is 2.00 e. The van der Waals surface area contributed by atoms with Crippen LogP contribution in [-0.4, -0.2) is 48.6 Å². The van der Waals surface area contributed by atoms with Crippen molar-refractivity contribution in [3.63, 3.8) is 0 Å². The van der Waals surface area contributed by atoms with Crippen LogP contribution in [0.25, 0.3) is 0 Å². The van der Waals surface area contributed by atoms with Crippen molar-refractivity contribution in [3.05, 3.63) is 64.1 Å². The summed E-state index contributed by atoms with van der Waals surface area (Å²) in [6.07, 6.45) is 4.43. The molecular formula is C23H42N2V2. The zero-order valence-electron chi connectivity index (χ0n) is 18.6. The second-order valence-corrected chi connectivity index (χ2v) is 6.27. The molecule has 1 saturated heterocycles. The Hall–Kier alpha value is 0.309. The molecule has 0 N–H and O–H groups in total. The molecule has 4 heteroatoms. The summed E-state index contributed by atoms with van der Waals surface area (Å²) < 4.78 is 0. The number of piperazine rings is 1. The molecule has 0 aromatic heterocycles. The number of hydrogen-bond donors (Lipinski definition) is 0. The van der Waals surface area contributed by atoms with Crippen LogP contribution in [0.2, 0.25) is 0 Å². The summed E-state index contributed by atoms with van der Waals surface area (Å²) in [4.78, 5) is 5.22. The van der Waals surface area contributed by atoms with Gasteiger partial charge in [-0.2, -0.15) is 12.8 Å². The molecule has 2 nitrogen and oxygen atoms in total. The molecule has 154 valence electrons. The number of hydrogen-bond acceptors (Lipinski definition) is 2. The van der Waals surface area contributed by atoms with Crippen molar-refractivity contribution in [2.75, 3.05) is 26.7 Å². The van der Waals surface area contributed by atoms with Gasteiger partial charge < -0.3 is 33.6 Å². The fourth-order valence-corrected chi connectivity index (χ4v) is 3.51. The summed E-state index contributed by atoms with van der Waals surface area (Å²) >= 11 is 0. The molecule has 0 saturated carbocycles. The van der Waals surface area contributed by atoms with E-state index in [1.165, 1.54) is 25.9 Å². The third-order valence-electron chi connectivity index (χ3n) is 4.56. The molecule has 0 aliphatic carbocycles. The fraction of sp³-hybridized carbons (Fsp3) is 0.565. The molecule has 2 bridgehead atoms. The Bertz CT molecular complexity index is 440. The number of benzene rings is 1. The number of rotatable bonds is 2. The zero-order valence-corrected chi connectivity index (χ0v) is 21.4. The van der Waals surface area contributed by atoms with Crippen LogP contribution < -0.4 is 0 Å². The van der Waals surface area contributed by atoms with Crippen LogP contribution in [0.15, 0.2) is 24.3 Å². The summed E-state index contributed by atoms with van der Waals surface area (Å²) in [5.41, 5.74) is 3.13. The van der Waals surface area contributed by atoms with Gasteiger partial charge in [-0.25, -0.2) is 0 Å². The monoisotopic (exact) mass is 448 g/mol. The molecule has 0 amide bonds. The Labute approximate surface area is 195 Å². The summed E-state index contributed by atoms with van der Waals surface area (Å²) in [7, 11) is 2.28. The molecule has 1 fully saturated rings. The molecule has 4 rings (SSSR count). The third kappa shape index (κ3) is 10.6. The SMILES string of the molecule is CC.[CH2-]CC.[CH2-]CCN1CC2Cc3ccccc3CC1CN2C.[CH3-].[CH3-].[V+2].[V+2]. The molecule has 2 atom stereocenters. The van der Waals surface area contributed by atoms with Gasteiger partial charge in [0.15, 0.2) is 0 Å². The van der Waals surface area contributed by atoms with Gasteiger partial charge in [0.2, 0.25) is 0 Å². The van der Waals surface area contributed by atoms with E-state index >= 15 is 0 Å². The topological polar surface area (TPSA) is 6.48 Å². The molecule has 27 heavy (non-hydrogen) atoms. The van der Waals surface area contributed by atoms with E-state index in [0.29, 0.717) is 12.1 Å². The standard InChI is InChI=1S/C16H23N2.C3H7.C2H6.2CH3.2V/c1-3-8-18-12-15-9-13-6-4-5-7-14(13)10-16(18)11-17(15)2;1-3-2;1-2;;;;/h4-7,15-16H,1,3,8-12H2,2H3;1,3H2,2H3;1-2H3;2*1H3;;/q2*-1;;2*-1;2*+2. The molecule has 3 aliphatic rings. The third-order valence-corrected chi connectivity index (χ3v) is 4.56. The van der Waals surface area contributed by atoms with E-state index in [1.54, 1.807) is 11.1 Å². The molecule has 1 aromatic rings. The Morgan fingerprint density at radius 2 is 1.37 bits per heavy atom. The largest absolute Gasteiger partial charge is 2.00 e. The van der Waals surface area contributed by atoms with Crippen LogP contribution in [0, 0.1) is 28.7 Å². The molecular weight excluding hydrogens is 406 g/mol. The Morgan fingerprint density at radius 3 is 1.81 bits per heavy atom. The van der Waals surface area contributed by atoms with Gasteiger partial charge in [0.05, 0.1) is 0 Å². The van der Waals surface area contributed by atoms with Crippen molar-refractivity contribution < 1.29 is 37.1 Å². The smallest absolute Gasteiger partial charge is 0.358 e. The maximum atomic E-state index is 4.03. The second-order valence-electron chi connectivity index (χ2n) is 6.27. The predicted molar refractivity (Wildman–Crippen MR) is 115 cm³/mol. The van der Waals surface area contributed by atoms with Crippen molar-refractivity contribution in [1.29, 1.82) is 0 Å². The Morgan fingerprint density at radius 1 is 0.926 bits per heavy atom. The average molecular weight is 448 g/mol. The Balaban J connectivity index is -0.000000270. The number of fused-ring (bicyclic) bond motifs is 2. The molecule has 2 unspecified atom stereocenters. The van der Waals surface area contributed by atoms with Gasteiger partial charge >= 0.3 is 37.1 Å². The summed E-state index contributed by atoms with van der Waals surface area (Å²) in [6, 6.07) is 10.4. The minimum absolute atomic E-state index is 0. The van der Waals surface area contributed by atoms with Crippen LogP contribution in [0.5, 0.6) is 0 Å². The zero-order chi connectivity index (χ0) is 17.2. The molecule has 3 aliphatic heterocycles. The molecule has 3 heterocycles. The first-order valence-corrected chi connectivity index (χ1v) is 9.29. The van der Waals surface area contributed by atoms with Gasteiger partial charge in [0, 0.05) is 25.2 Å². The van der Waals surface area contributed by atoms with Crippen molar-refractivity contribution in [1.82, 2.24) is 9.80 Å². The van der Waals surface area contributed by atoms with Gasteiger partial charge in [0.25, 0.3) is 0 Å². The van der Waals surface area contributed by atoms with Crippen LogP contribution in [0.4, 0.5) is 0 Å². The first-order valence-electron chi connectivity index (χ1n) is 9.29. The van der Waals surface area contributed by atoms with Crippen molar-refractivity contribution in [3.8, 4) is 0 Å². The van der Waals surface area contributed by atoms with Gasteiger partial charge in [-0.05, 0) is 37.6 Å². The van der Waals surface area contributed by atoms with Gasteiger partial charge in [-0.15, -0.1) is 0 Å². The van der Waals surface area contributed by atoms with Crippen LogP contribution in [0.3, 0.4) is 0 Å². The predicted octanol–water partition coefficient (Wildman–Crippen LogP) is 5.15. The fourth-order valence-electron chi connectivity index (χ4n) is 3.51. The first kappa shape index (κ1) is 34.8. The van der Waals surface area contributed by atoms with Gasteiger partial charge in [0.1, 0.15) is 0 Å². The summed E-state index contributed by atoms with van der Waals surface area (Å²) in [5.74, 6) is 0. The van der Waals surface area contributed by atoms with E-state index in [-0.39, 0.29) is 52.0 Å². The second kappa shape index (κ2) is 19.6. The molecule has 1 aromatic carbocycles. The van der Waals surface area contributed by atoms with Crippen molar-refractivity contribution >= 4 is 0 Å². The minimum atomic E-state index is 0. The van der Waals surface area contributed by atoms with Crippen molar-refractivity contribution in [2.24, 2.45) is 0 Å². The first-order chi connectivity index (χ1) is 11.2. The van der Waals surface area contributed by atoms with Crippen LogP contribution in [0.1, 0.15) is 44.7 Å². The summed E-state index contributed by atoms with van der Waals surface area (Å²) in [5, 5.41) is 0. The van der Waals surface area contributed by atoms with E-state index < -0.39 is 0 Å². The van der Waals surface area contributed by atoms with Gasteiger partial charge in [-0.3, -0.25) is 4.90 Å². The van der Waals surface area contributed by atoms with Crippen molar-refractivity contribution in [2.45, 2.75) is 58.5 Å². The normalized spacial score (nSPS) is 20.1. The quantitative estimate of drug-likeness (QED) is 0.578. The minimum Gasteiger partial charge on any atom is -0.358 e. The van der Waals surface area contributed by atoms with Crippen LogP contribution in [-0.2, 0) is 50.0 Å². The number of nitrogens with zero attached hydrogens (tertiary/aromatic N) is 2.